The van der Waals surface area contributed by atoms with E-state index in [1.165, 1.54) is 32.5 Å². The Labute approximate surface area is 150 Å². The maximum absolute atomic E-state index is 5.82. The van der Waals surface area contributed by atoms with Crippen LogP contribution in [0.2, 0.25) is 0 Å². The van der Waals surface area contributed by atoms with Gasteiger partial charge in [0.1, 0.15) is 11.3 Å². The molecule has 1 aliphatic heterocycles. The zero-order valence-electron chi connectivity index (χ0n) is 15.4. The van der Waals surface area contributed by atoms with Crippen molar-refractivity contribution in [3.05, 3.63) is 36.1 Å². The van der Waals surface area contributed by atoms with Crippen LogP contribution in [0.1, 0.15) is 31.9 Å². The third-order valence-electron chi connectivity index (χ3n) is 4.95. The van der Waals surface area contributed by atoms with Crippen LogP contribution >= 0.6 is 0 Å². The van der Waals surface area contributed by atoms with Crippen LogP contribution in [0.4, 0.5) is 0 Å². The Hall–Kier alpha value is -2.01. The molecule has 0 bridgehead atoms. The first-order chi connectivity index (χ1) is 12.2. The predicted molar refractivity (Wildman–Crippen MR) is 104 cm³/mol. The second kappa shape index (κ2) is 8.90. The minimum absolute atomic E-state index is 0.637. The molecule has 5 nitrogen and oxygen atoms in total. The van der Waals surface area contributed by atoms with Gasteiger partial charge in [-0.2, -0.15) is 0 Å². The first kappa shape index (κ1) is 17.8. The summed E-state index contributed by atoms with van der Waals surface area (Å²) in [6.07, 6.45) is 3.82. The van der Waals surface area contributed by atoms with Crippen molar-refractivity contribution in [1.82, 2.24) is 15.5 Å². The summed E-state index contributed by atoms with van der Waals surface area (Å²) >= 11 is 0. The number of aliphatic imine (C=N–C) groups is 1. The van der Waals surface area contributed by atoms with Gasteiger partial charge in [0.25, 0.3) is 0 Å². The van der Waals surface area contributed by atoms with Crippen LogP contribution in [0.3, 0.4) is 0 Å². The number of nitrogens with one attached hydrogen (secondary N) is 2. The molecule has 0 saturated carbocycles. The topological polar surface area (TPSA) is 52.8 Å². The molecule has 0 unspecified atom stereocenters. The first-order valence-electron chi connectivity index (χ1n) is 9.39. The van der Waals surface area contributed by atoms with Gasteiger partial charge in [-0.15, -0.1) is 0 Å². The second-order valence-electron chi connectivity index (χ2n) is 6.98. The molecule has 0 atom stereocenters. The molecule has 25 heavy (non-hydrogen) atoms. The second-order valence-corrected chi connectivity index (χ2v) is 6.98. The number of para-hydroxylation sites is 1. The van der Waals surface area contributed by atoms with Gasteiger partial charge in [-0.3, -0.25) is 4.99 Å². The van der Waals surface area contributed by atoms with E-state index < -0.39 is 0 Å². The summed E-state index contributed by atoms with van der Waals surface area (Å²) in [4.78, 5) is 6.87. The molecule has 1 aliphatic rings. The summed E-state index contributed by atoms with van der Waals surface area (Å²) in [5.41, 5.74) is 0.929. The number of guanidine groups is 1. The summed E-state index contributed by atoms with van der Waals surface area (Å²) in [5, 5.41) is 7.85. The van der Waals surface area contributed by atoms with Crippen molar-refractivity contribution < 1.29 is 4.42 Å². The molecule has 3 rings (SSSR count). The van der Waals surface area contributed by atoms with Gasteiger partial charge in [0.05, 0.1) is 6.54 Å². The van der Waals surface area contributed by atoms with Crippen LogP contribution in [-0.4, -0.2) is 44.1 Å². The lowest BCUT2D eigenvalue weighted by Gasteiger charge is -2.30. The molecule has 0 amide bonds. The average Bonchev–Trinajstić information content (AvgIpc) is 3.05. The van der Waals surface area contributed by atoms with E-state index in [4.69, 9.17) is 4.42 Å². The average molecular weight is 342 g/mol. The van der Waals surface area contributed by atoms with Crippen molar-refractivity contribution in [2.75, 3.05) is 33.2 Å². The van der Waals surface area contributed by atoms with Crippen LogP contribution in [-0.2, 0) is 6.54 Å². The third kappa shape index (κ3) is 5.23. The Bertz CT molecular complexity index is 653. The van der Waals surface area contributed by atoms with Gasteiger partial charge < -0.3 is 20.0 Å². The Morgan fingerprint density at radius 3 is 2.80 bits per heavy atom. The lowest BCUT2D eigenvalue weighted by molar-refractivity contribution is 0.191. The lowest BCUT2D eigenvalue weighted by atomic mass is 9.99. The summed E-state index contributed by atoms with van der Waals surface area (Å²) < 4.78 is 5.82. The molecule has 136 valence electrons. The standard InChI is InChI=1S/C20H30N4O/c1-16-8-12-24(13-9-16)11-5-10-22-20(21-2)23-15-18-14-17-6-3-4-7-19(17)25-18/h3-4,6-7,14,16H,5,8-13,15H2,1-2H3,(H2,21,22,23). The predicted octanol–water partition coefficient (Wildman–Crippen LogP) is 3.22. The van der Waals surface area contributed by atoms with Crippen molar-refractivity contribution in [2.24, 2.45) is 10.9 Å². The SMILES string of the molecule is CN=C(NCCCN1CCC(C)CC1)NCc1cc2ccccc2o1. The molecule has 1 saturated heterocycles. The molecule has 2 heterocycles. The van der Waals surface area contributed by atoms with Crippen LogP contribution in [0.25, 0.3) is 11.0 Å². The maximum atomic E-state index is 5.82. The monoisotopic (exact) mass is 342 g/mol. The van der Waals surface area contributed by atoms with E-state index in [9.17, 15) is 0 Å². The van der Waals surface area contributed by atoms with E-state index >= 15 is 0 Å². The number of likely N-dealkylation sites (tertiary alicyclic amines) is 1. The van der Waals surface area contributed by atoms with E-state index in [2.05, 4.69) is 39.6 Å². The van der Waals surface area contributed by atoms with E-state index in [1.54, 1.807) is 7.05 Å². The summed E-state index contributed by atoms with van der Waals surface area (Å²) in [6.45, 7) is 7.60. The van der Waals surface area contributed by atoms with Crippen LogP contribution in [0.15, 0.2) is 39.7 Å². The highest BCUT2D eigenvalue weighted by Crippen LogP contribution is 2.18. The lowest BCUT2D eigenvalue weighted by Crippen LogP contribution is -2.39. The van der Waals surface area contributed by atoms with Crippen LogP contribution < -0.4 is 10.6 Å². The van der Waals surface area contributed by atoms with Crippen molar-refractivity contribution in [2.45, 2.75) is 32.7 Å². The summed E-state index contributed by atoms with van der Waals surface area (Å²) in [7, 11) is 1.81. The number of nitrogens with zero attached hydrogens (tertiary/aromatic N) is 2. The number of fused-ring (bicyclic) bond motifs is 1. The van der Waals surface area contributed by atoms with Crippen molar-refractivity contribution in [3.63, 3.8) is 0 Å². The van der Waals surface area contributed by atoms with E-state index in [0.717, 1.165) is 41.6 Å². The normalized spacial score (nSPS) is 17.1. The van der Waals surface area contributed by atoms with Crippen molar-refractivity contribution in [1.29, 1.82) is 0 Å². The number of hydrogen-bond acceptors (Lipinski definition) is 3. The van der Waals surface area contributed by atoms with Crippen molar-refractivity contribution >= 4 is 16.9 Å². The number of benzene rings is 1. The highest BCUT2D eigenvalue weighted by atomic mass is 16.3. The molecular formula is C20H30N4O. The smallest absolute Gasteiger partial charge is 0.191 e. The molecular weight excluding hydrogens is 312 g/mol. The Morgan fingerprint density at radius 1 is 1.24 bits per heavy atom. The first-order valence-corrected chi connectivity index (χ1v) is 9.39. The van der Waals surface area contributed by atoms with E-state index in [-0.39, 0.29) is 0 Å². The van der Waals surface area contributed by atoms with Gasteiger partial charge in [-0.25, -0.2) is 0 Å². The third-order valence-corrected chi connectivity index (χ3v) is 4.95. The van der Waals surface area contributed by atoms with Crippen LogP contribution in [0, 0.1) is 5.92 Å². The van der Waals surface area contributed by atoms with Gasteiger partial charge in [0.2, 0.25) is 0 Å². The zero-order valence-corrected chi connectivity index (χ0v) is 15.4. The van der Waals surface area contributed by atoms with E-state index in [0.29, 0.717) is 6.54 Å². The van der Waals surface area contributed by atoms with Gasteiger partial charge in [-0.1, -0.05) is 25.1 Å². The molecule has 2 N–H and O–H groups in total. The molecule has 0 radical (unpaired) electrons. The van der Waals surface area contributed by atoms with Gasteiger partial charge >= 0.3 is 0 Å². The van der Waals surface area contributed by atoms with E-state index in [1.807, 2.05) is 18.2 Å². The van der Waals surface area contributed by atoms with Crippen LogP contribution in [0.5, 0.6) is 0 Å². The Morgan fingerprint density at radius 2 is 2.04 bits per heavy atom. The Balaban J connectivity index is 1.36. The van der Waals surface area contributed by atoms with Gasteiger partial charge in [0.15, 0.2) is 5.96 Å². The molecule has 0 aliphatic carbocycles. The van der Waals surface area contributed by atoms with Gasteiger partial charge in [-0.05, 0) is 56.9 Å². The fraction of sp³-hybridized carbons (Fsp3) is 0.550. The molecule has 2 aromatic rings. The number of furan rings is 1. The molecule has 1 fully saturated rings. The molecule has 5 heteroatoms. The number of hydrogen-bond donors (Lipinski definition) is 2. The fourth-order valence-corrected chi connectivity index (χ4v) is 3.31. The van der Waals surface area contributed by atoms with Crippen molar-refractivity contribution in [3.8, 4) is 0 Å². The maximum Gasteiger partial charge on any atom is 0.191 e. The minimum Gasteiger partial charge on any atom is -0.459 e. The molecule has 1 aromatic carbocycles. The highest BCUT2D eigenvalue weighted by Gasteiger charge is 2.14. The highest BCUT2D eigenvalue weighted by molar-refractivity contribution is 5.80. The molecule has 1 aromatic heterocycles. The number of piperidine rings is 1. The largest absolute Gasteiger partial charge is 0.459 e. The Kier molecular flexibility index (Phi) is 6.34. The summed E-state index contributed by atoms with van der Waals surface area (Å²) in [6, 6.07) is 10.2. The zero-order chi connectivity index (χ0) is 17.5. The number of rotatable bonds is 6. The molecule has 0 spiro atoms. The fourth-order valence-electron chi connectivity index (χ4n) is 3.31. The quantitative estimate of drug-likeness (QED) is 0.481. The van der Waals surface area contributed by atoms with Gasteiger partial charge in [0, 0.05) is 19.0 Å². The summed E-state index contributed by atoms with van der Waals surface area (Å²) in [5.74, 6) is 2.65. The minimum atomic E-state index is 0.637.